The number of Topliss-reactive ketones (excluding diaryl/α,β-unsaturated/α-hetero) is 4. The van der Waals surface area contributed by atoms with Gasteiger partial charge in [0.2, 0.25) is 5.91 Å². The number of amides is 1. The van der Waals surface area contributed by atoms with Gasteiger partial charge in [0, 0.05) is 17.5 Å². The average molecular weight is 447 g/mol. The third-order valence-electron chi connectivity index (χ3n) is 7.04. The van der Waals surface area contributed by atoms with Gasteiger partial charge in [0.1, 0.15) is 11.6 Å². The molecule has 3 aliphatic carbocycles. The van der Waals surface area contributed by atoms with E-state index in [2.05, 4.69) is 0 Å². The summed E-state index contributed by atoms with van der Waals surface area (Å²) in [5.74, 6) is -12.9. The molecule has 4 rings (SSSR count). The fourth-order valence-electron chi connectivity index (χ4n) is 5.65. The number of ketones is 4. The first-order valence-electron chi connectivity index (χ1n) is 9.98. The van der Waals surface area contributed by atoms with Gasteiger partial charge in [-0.15, -0.1) is 0 Å². The second-order valence-corrected chi connectivity index (χ2v) is 8.94. The molecule has 0 saturated heterocycles. The highest BCUT2D eigenvalue weighted by Crippen LogP contribution is 2.51. The summed E-state index contributed by atoms with van der Waals surface area (Å²) in [6, 6.07) is -0.336. The minimum Gasteiger partial charge on any atom is -0.505 e. The van der Waals surface area contributed by atoms with Crippen molar-refractivity contribution in [3.8, 4) is 5.75 Å². The second kappa shape index (κ2) is 6.91. The van der Waals surface area contributed by atoms with Gasteiger partial charge in [0.15, 0.2) is 34.7 Å². The van der Waals surface area contributed by atoms with Gasteiger partial charge in [-0.05, 0) is 32.9 Å². The van der Waals surface area contributed by atoms with Crippen LogP contribution in [0.3, 0.4) is 0 Å². The predicted octanol–water partition coefficient (Wildman–Crippen LogP) is -1.41. The number of hydrogen-bond donors (Lipinski definition) is 4. The minimum absolute atomic E-state index is 0.119. The number of primary amides is 1. The standard InChI is InChI=1S/C21H22FN3O7/c1-25(2)14-8-4-6-3-7-9(22)5-10(23)15(26)12(7)16(27)11(6)18(29)21(8,32)19(30)13(17(14)28)20(24)31/h5-6,8,11,13-14,26,32H,3-4,23H2,1-2H3,(H2,24,31)/t6-,8-,11?,13?,14-,21-/m0/s1. The van der Waals surface area contributed by atoms with E-state index in [0.717, 1.165) is 6.07 Å². The van der Waals surface area contributed by atoms with E-state index in [-0.39, 0.29) is 18.4 Å². The number of anilines is 1. The molecule has 0 spiro atoms. The maximum Gasteiger partial charge on any atom is 0.235 e. The topological polar surface area (TPSA) is 181 Å². The molecule has 3 aliphatic rings. The lowest BCUT2D eigenvalue weighted by atomic mass is 9.52. The highest BCUT2D eigenvalue weighted by Gasteiger charge is 2.69. The monoisotopic (exact) mass is 447 g/mol. The van der Waals surface area contributed by atoms with Gasteiger partial charge in [-0.2, -0.15) is 0 Å². The average Bonchev–Trinajstić information content (AvgIpc) is 2.68. The molecule has 170 valence electrons. The molecule has 1 amide bonds. The zero-order chi connectivity index (χ0) is 23.9. The van der Waals surface area contributed by atoms with E-state index in [1.807, 2.05) is 0 Å². The molecule has 0 aliphatic heterocycles. The number of phenols is 1. The second-order valence-electron chi connectivity index (χ2n) is 8.94. The summed E-state index contributed by atoms with van der Waals surface area (Å²) < 4.78 is 14.6. The zero-order valence-electron chi connectivity index (χ0n) is 17.3. The molecule has 1 aromatic carbocycles. The Labute approximate surface area is 181 Å². The fourth-order valence-corrected chi connectivity index (χ4v) is 5.65. The van der Waals surface area contributed by atoms with Crippen LogP contribution in [-0.4, -0.2) is 69.9 Å². The third kappa shape index (κ3) is 2.61. The van der Waals surface area contributed by atoms with Gasteiger partial charge >= 0.3 is 0 Å². The van der Waals surface area contributed by atoms with Crippen LogP contribution >= 0.6 is 0 Å². The van der Waals surface area contributed by atoms with E-state index < -0.39 is 87.2 Å². The van der Waals surface area contributed by atoms with Crippen LogP contribution in [0.15, 0.2) is 6.07 Å². The third-order valence-corrected chi connectivity index (χ3v) is 7.04. The summed E-state index contributed by atoms with van der Waals surface area (Å²) in [4.78, 5) is 65.9. The minimum atomic E-state index is -2.81. The first kappa shape index (κ1) is 22.0. The number of rotatable bonds is 2. The number of fused-ring (bicyclic) bond motifs is 3. The van der Waals surface area contributed by atoms with Gasteiger partial charge in [0.05, 0.1) is 23.2 Å². The molecule has 32 heavy (non-hydrogen) atoms. The predicted molar refractivity (Wildman–Crippen MR) is 106 cm³/mol. The van der Waals surface area contributed by atoms with Crippen LogP contribution in [0.2, 0.25) is 0 Å². The van der Waals surface area contributed by atoms with Crippen LogP contribution in [-0.2, 0) is 25.6 Å². The largest absolute Gasteiger partial charge is 0.505 e. The molecular formula is C21H22FN3O7. The summed E-state index contributed by atoms with van der Waals surface area (Å²) in [5.41, 5.74) is 7.00. The number of hydrogen-bond acceptors (Lipinski definition) is 9. The van der Waals surface area contributed by atoms with Crippen molar-refractivity contribution >= 4 is 34.7 Å². The van der Waals surface area contributed by atoms with E-state index in [9.17, 15) is 38.6 Å². The van der Waals surface area contributed by atoms with Crippen LogP contribution in [0.1, 0.15) is 22.3 Å². The van der Waals surface area contributed by atoms with E-state index in [0.29, 0.717) is 0 Å². The van der Waals surface area contributed by atoms with Crippen molar-refractivity contribution in [3.05, 3.63) is 23.0 Å². The number of aliphatic hydroxyl groups is 1. The van der Waals surface area contributed by atoms with Crippen molar-refractivity contribution in [3.63, 3.8) is 0 Å². The summed E-state index contributed by atoms with van der Waals surface area (Å²) in [6.07, 6.45) is -0.292. The van der Waals surface area contributed by atoms with Crippen LogP contribution < -0.4 is 11.5 Å². The lowest BCUT2D eigenvalue weighted by Gasteiger charge is -2.52. The van der Waals surface area contributed by atoms with Gasteiger partial charge in [-0.25, -0.2) is 4.39 Å². The molecule has 2 saturated carbocycles. The summed E-state index contributed by atoms with van der Waals surface area (Å²) in [5, 5.41) is 21.6. The Morgan fingerprint density at radius 2 is 1.84 bits per heavy atom. The molecule has 6 N–H and O–H groups in total. The van der Waals surface area contributed by atoms with E-state index >= 15 is 0 Å². The summed E-state index contributed by atoms with van der Waals surface area (Å²) >= 11 is 0. The number of phenolic OH excluding ortho intramolecular Hbond substituents is 1. The number of carbonyl (C=O) groups excluding carboxylic acids is 5. The number of halogens is 1. The summed E-state index contributed by atoms with van der Waals surface area (Å²) in [6.45, 7) is 0. The SMILES string of the molecule is CN(C)[C@@H]1C(=O)C(C(N)=O)C(=O)[C@@]2(O)C(=O)C3C(=O)c4c(O)c(N)cc(F)c4C[C@H]3C[C@@H]12. The molecule has 10 nitrogen and oxygen atoms in total. The van der Waals surface area contributed by atoms with Crippen LogP contribution in [0.25, 0.3) is 0 Å². The van der Waals surface area contributed by atoms with Gasteiger partial charge in [0.25, 0.3) is 0 Å². The highest BCUT2D eigenvalue weighted by atomic mass is 19.1. The van der Waals surface area contributed by atoms with E-state index in [4.69, 9.17) is 11.5 Å². The van der Waals surface area contributed by atoms with Crippen molar-refractivity contribution in [1.82, 2.24) is 4.90 Å². The van der Waals surface area contributed by atoms with Crippen LogP contribution in [0.5, 0.6) is 5.75 Å². The number of benzene rings is 1. The molecule has 2 unspecified atom stereocenters. The van der Waals surface area contributed by atoms with Crippen LogP contribution in [0.4, 0.5) is 10.1 Å². The smallest absolute Gasteiger partial charge is 0.235 e. The van der Waals surface area contributed by atoms with Gasteiger partial charge in [-0.1, -0.05) is 0 Å². The Morgan fingerprint density at radius 3 is 2.41 bits per heavy atom. The molecular weight excluding hydrogens is 425 g/mol. The fraction of sp³-hybridized carbons (Fsp3) is 0.476. The van der Waals surface area contributed by atoms with Crippen molar-refractivity contribution < 1.29 is 38.6 Å². The lowest BCUT2D eigenvalue weighted by molar-refractivity contribution is -0.181. The maximum absolute atomic E-state index is 14.6. The van der Waals surface area contributed by atoms with Gasteiger partial charge < -0.3 is 21.7 Å². The Kier molecular flexibility index (Phi) is 4.76. The number of aromatic hydroxyl groups is 1. The Bertz CT molecular complexity index is 1120. The first-order valence-corrected chi connectivity index (χ1v) is 9.98. The summed E-state index contributed by atoms with van der Waals surface area (Å²) in [7, 11) is 2.96. The van der Waals surface area contributed by atoms with Crippen LogP contribution in [0, 0.1) is 29.5 Å². The van der Waals surface area contributed by atoms with Gasteiger partial charge in [-0.3, -0.25) is 28.9 Å². The first-order chi connectivity index (χ1) is 14.8. The molecule has 0 aromatic heterocycles. The maximum atomic E-state index is 14.6. The molecule has 1 aromatic rings. The van der Waals surface area contributed by atoms with Crippen molar-refractivity contribution in [2.24, 2.45) is 29.4 Å². The number of nitrogens with two attached hydrogens (primary N) is 2. The quantitative estimate of drug-likeness (QED) is 0.240. The van der Waals surface area contributed by atoms with E-state index in [1.165, 1.54) is 19.0 Å². The Balaban J connectivity index is 1.89. The number of nitrogen functional groups attached to an aromatic ring is 1. The lowest BCUT2D eigenvalue weighted by Crippen LogP contribution is -2.74. The molecule has 0 radical (unpaired) electrons. The number of nitrogens with zero attached hydrogens (tertiary/aromatic N) is 1. The number of likely N-dealkylation sites (N-methyl/N-ethyl adjacent to an activating group) is 1. The Morgan fingerprint density at radius 1 is 1.22 bits per heavy atom. The zero-order valence-corrected chi connectivity index (χ0v) is 17.3. The molecule has 11 heteroatoms. The Hall–Kier alpha value is -3.18. The van der Waals surface area contributed by atoms with Crippen molar-refractivity contribution in [1.29, 1.82) is 0 Å². The van der Waals surface area contributed by atoms with E-state index in [1.54, 1.807) is 0 Å². The van der Waals surface area contributed by atoms with Crippen molar-refractivity contribution in [2.75, 3.05) is 19.8 Å². The van der Waals surface area contributed by atoms with Crippen molar-refractivity contribution in [2.45, 2.75) is 24.5 Å². The molecule has 0 bridgehead atoms. The number of carbonyl (C=O) groups is 5. The molecule has 0 heterocycles. The molecule has 6 atom stereocenters. The normalized spacial score (nSPS) is 34.2. The highest BCUT2D eigenvalue weighted by molar-refractivity contribution is 6.32. The molecule has 2 fully saturated rings.